The van der Waals surface area contributed by atoms with Gasteiger partial charge in [0.05, 0.1) is 17.9 Å². The van der Waals surface area contributed by atoms with E-state index in [1.54, 1.807) is 42.6 Å². The summed E-state index contributed by atoms with van der Waals surface area (Å²) >= 11 is 0. The van der Waals surface area contributed by atoms with Gasteiger partial charge in [-0.05, 0) is 48.2 Å². The van der Waals surface area contributed by atoms with Gasteiger partial charge in [0.25, 0.3) is 0 Å². The molecular weight excluding hydrogens is 542 g/mol. The van der Waals surface area contributed by atoms with Crippen molar-refractivity contribution in [2.45, 2.75) is 59.6 Å². The van der Waals surface area contributed by atoms with Crippen LogP contribution < -0.4 is 26.6 Å². The number of fused-ring (bicyclic) bond motifs is 1. The van der Waals surface area contributed by atoms with E-state index in [0.717, 1.165) is 11.1 Å². The number of benzene rings is 2. The number of hydrogen-bond donors (Lipinski definition) is 6. The number of phenols is 1. The number of amides is 2. The maximum atomic E-state index is 13.3. The van der Waals surface area contributed by atoms with E-state index in [4.69, 9.17) is 21.3 Å². The predicted molar refractivity (Wildman–Crippen MR) is 169 cm³/mol. The lowest BCUT2D eigenvalue weighted by molar-refractivity contribution is 0.171. The zero-order valence-corrected chi connectivity index (χ0v) is 25.3. The highest BCUT2D eigenvalue weighted by Gasteiger charge is 2.30. The third-order valence-electron chi connectivity index (χ3n) is 7.23. The molecule has 4 rings (SSSR count). The fourth-order valence-electron chi connectivity index (χ4n) is 4.69. The van der Waals surface area contributed by atoms with Gasteiger partial charge in [-0.25, -0.2) is 9.79 Å². The summed E-state index contributed by atoms with van der Waals surface area (Å²) < 4.78 is 7.91. The SMILES string of the molecule is CC(C)C(=N)n1cc(O[C@@H]2CC[C@H](NC(=O)NC(/C=C(\N)C(C)(C)C)=Nc3cccc(O)c3)c3ccccc32)ccc1=N. The first-order chi connectivity index (χ1) is 20.3. The summed E-state index contributed by atoms with van der Waals surface area (Å²) in [5.74, 6) is 1.17. The number of amidine groups is 1. The second-order valence-electron chi connectivity index (χ2n) is 12.0. The number of rotatable bonds is 6. The van der Waals surface area contributed by atoms with Gasteiger partial charge in [0.15, 0.2) is 0 Å². The molecule has 226 valence electrons. The number of nitrogens with two attached hydrogens (primary N) is 1. The van der Waals surface area contributed by atoms with Crippen LogP contribution >= 0.6 is 0 Å². The van der Waals surface area contributed by atoms with Crippen molar-refractivity contribution in [1.82, 2.24) is 15.2 Å². The molecule has 3 aromatic rings. The van der Waals surface area contributed by atoms with Crippen LogP contribution in [0.15, 0.2) is 83.6 Å². The summed E-state index contributed by atoms with van der Waals surface area (Å²) in [5, 5.41) is 32.3. The molecule has 0 saturated heterocycles. The number of hydrogen-bond acceptors (Lipinski definition) is 7. The molecule has 1 heterocycles. The van der Waals surface area contributed by atoms with Crippen LogP contribution in [0.1, 0.15) is 70.7 Å². The molecule has 2 amide bonds. The van der Waals surface area contributed by atoms with Crippen LogP contribution in [0.3, 0.4) is 0 Å². The van der Waals surface area contributed by atoms with E-state index in [2.05, 4.69) is 15.6 Å². The average molecular weight is 584 g/mol. The Morgan fingerprint density at radius 1 is 1.12 bits per heavy atom. The molecule has 2 atom stereocenters. The Balaban J connectivity index is 1.54. The molecule has 10 heteroatoms. The van der Waals surface area contributed by atoms with Gasteiger partial charge in [0.2, 0.25) is 0 Å². The summed E-state index contributed by atoms with van der Waals surface area (Å²) in [7, 11) is 0. The van der Waals surface area contributed by atoms with Gasteiger partial charge in [-0.1, -0.05) is 65.0 Å². The highest BCUT2D eigenvalue weighted by atomic mass is 16.5. The molecule has 1 aliphatic carbocycles. The maximum absolute atomic E-state index is 13.3. The van der Waals surface area contributed by atoms with Gasteiger partial charge >= 0.3 is 6.03 Å². The molecule has 1 aromatic heterocycles. The van der Waals surface area contributed by atoms with Gasteiger partial charge in [-0.15, -0.1) is 0 Å². The van der Waals surface area contributed by atoms with Crippen molar-refractivity contribution in [3.63, 3.8) is 0 Å². The Labute approximate surface area is 252 Å². The highest BCUT2D eigenvalue weighted by Crippen LogP contribution is 2.38. The Kier molecular flexibility index (Phi) is 9.38. The fraction of sp³-hybridized carbons (Fsp3) is 0.333. The smallest absolute Gasteiger partial charge is 0.320 e. The summed E-state index contributed by atoms with van der Waals surface area (Å²) in [4.78, 5) is 17.8. The summed E-state index contributed by atoms with van der Waals surface area (Å²) in [5.41, 5.74) is 9.11. The quantitative estimate of drug-likeness (QED) is 0.154. The fourth-order valence-corrected chi connectivity index (χ4v) is 4.69. The number of ether oxygens (including phenoxy) is 1. The van der Waals surface area contributed by atoms with Crippen molar-refractivity contribution >= 4 is 23.4 Å². The Bertz CT molecular complexity index is 1610. The largest absolute Gasteiger partial charge is 0.508 e. The van der Waals surface area contributed by atoms with Crippen molar-refractivity contribution in [2.75, 3.05) is 0 Å². The van der Waals surface area contributed by atoms with Gasteiger partial charge in [0.1, 0.15) is 34.8 Å². The number of aromatic hydroxyl groups is 1. The minimum atomic E-state index is -0.435. The number of phenolic OH excluding ortho intramolecular Hbond substituents is 1. The minimum Gasteiger partial charge on any atom is -0.508 e. The van der Waals surface area contributed by atoms with Gasteiger partial charge in [-0.2, -0.15) is 0 Å². The van der Waals surface area contributed by atoms with E-state index in [1.165, 1.54) is 10.6 Å². The summed E-state index contributed by atoms with van der Waals surface area (Å²) in [6, 6.07) is 17.0. The highest BCUT2D eigenvalue weighted by molar-refractivity contribution is 6.05. The van der Waals surface area contributed by atoms with Crippen LogP contribution in [-0.4, -0.2) is 27.4 Å². The number of pyridine rings is 1. The molecule has 2 aromatic carbocycles. The zero-order chi connectivity index (χ0) is 31.3. The lowest BCUT2D eigenvalue weighted by Gasteiger charge is -2.32. The molecule has 10 nitrogen and oxygen atoms in total. The van der Waals surface area contributed by atoms with E-state index in [1.807, 2.05) is 58.9 Å². The molecule has 43 heavy (non-hydrogen) atoms. The molecule has 1 aliphatic rings. The number of carbonyl (C=O) groups is 1. The molecule has 0 radical (unpaired) electrons. The van der Waals surface area contributed by atoms with Crippen molar-refractivity contribution in [3.05, 3.63) is 95.2 Å². The Morgan fingerprint density at radius 3 is 2.51 bits per heavy atom. The van der Waals surface area contributed by atoms with Crippen LogP contribution in [0.2, 0.25) is 0 Å². The van der Waals surface area contributed by atoms with E-state index in [-0.39, 0.29) is 40.6 Å². The zero-order valence-electron chi connectivity index (χ0n) is 25.3. The van der Waals surface area contributed by atoms with Gasteiger partial charge < -0.3 is 20.9 Å². The van der Waals surface area contributed by atoms with Crippen LogP contribution in [0.4, 0.5) is 10.5 Å². The number of aromatic nitrogens is 1. The molecule has 0 unspecified atom stereocenters. The standard InChI is InChI=1S/C33H41N7O3/c1-20(2)31(36)40-19-23(13-16-29(40)35)43-27-15-14-26(24-11-6-7-12-25(24)27)38-32(42)39-30(18-28(34)33(3,4)5)37-21-9-8-10-22(41)17-21/h6-13,16-20,26-27,35-36,41H,14-15,34H2,1-5H3,(H2,37,38,39,42)/b28-18-,35-29?,36-31?/t26-,27+/m0/s1. The number of urea groups is 1. The number of allylic oxidation sites excluding steroid dienone is 1. The van der Waals surface area contributed by atoms with Crippen LogP contribution in [0, 0.1) is 22.2 Å². The molecule has 0 spiro atoms. The third-order valence-corrected chi connectivity index (χ3v) is 7.23. The molecule has 7 N–H and O–H groups in total. The third kappa shape index (κ3) is 7.91. The van der Waals surface area contributed by atoms with Crippen molar-refractivity contribution in [1.29, 1.82) is 10.8 Å². The van der Waals surface area contributed by atoms with E-state index in [0.29, 0.717) is 35.8 Å². The first-order valence-corrected chi connectivity index (χ1v) is 14.4. The van der Waals surface area contributed by atoms with Crippen LogP contribution in [-0.2, 0) is 0 Å². The second kappa shape index (κ2) is 13.0. The van der Waals surface area contributed by atoms with Crippen molar-refractivity contribution in [3.8, 4) is 11.5 Å². The lowest BCUT2D eigenvalue weighted by atomic mass is 9.85. The summed E-state index contributed by atoms with van der Waals surface area (Å²) in [6.45, 7) is 9.74. The number of carbonyl (C=O) groups excluding carboxylic acids is 1. The van der Waals surface area contributed by atoms with Crippen molar-refractivity contribution in [2.24, 2.45) is 22.1 Å². The molecular formula is C33H41N7O3. The normalized spacial score (nSPS) is 17.3. The van der Waals surface area contributed by atoms with Gasteiger partial charge in [-0.3, -0.25) is 20.7 Å². The molecule has 0 fully saturated rings. The van der Waals surface area contributed by atoms with Crippen LogP contribution in [0.25, 0.3) is 0 Å². The first-order valence-electron chi connectivity index (χ1n) is 14.4. The van der Waals surface area contributed by atoms with E-state index < -0.39 is 6.03 Å². The lowest BCUT2D eigenvalue weighted by Crippen LogP contribution is -2.42. The van der Waals surface area contributed by atoms with Gasteiger partial charge in [0, 0.05) is 29.2 Å². The molecule has 0 saturated carbocycles. The topological polar surface area (TPSA) is 162 Å². The van der Waals surface area contributed by atoms with Crippen LogP contribution in [0.5, 0.6) is 11.5 Å². The maximum Gasteiger partial charge on any atom is 0.320 e. The number of nitrogens with zero attached hydrogens (tertiary/aromatic N) is 2. The van der Waals surface area contributed by atoms with E-state index in [9.17, 15) is 9.90 Å². The average Bonchev–Trinajstić information content (AvgIpc) is 2.94. The van der Waals surface area contributed by atoms with Crippen molar-refractivity contribution < 1.29 is 14.6 Å². The number of aliphatic imine (C=N–C) groups is 1. The number of nitrogens with one attached hydrogen (secondary N) is 4. The Morgan fingerprint density at radius 2 is 1.84 bits per heavy atom. The minimum absolute atomic E-state index is 0.0384. The summed E-state index contributed by atoms with van der Waals surface area (Å²) in [6.07, 6.45) is 4.35. The first kappa shape index (κ1) is 31.1. The second-order valence-corrected chi connectivity index (χ2v) is 12.0. The van der Waals surface area contributed by atoms with E-state index >= 15 is 0 Å². The predicted octanol–water partition coefficient (Wildman–Crippen LogP) is 6.03. The molecule has 0 aliphatic heterocycles. The molecule has 0 bridgehead atoms. The Hall–Kier alpha value is -4.86. The monoisotopic (exact) mass is 583 g/mol.